The fourth-order valence-electron chi connectivity index (χ4n) is 10.8. The minimum Gasteiger partial charge on any atom is -0.487 e. The van der Waals surface area contributed by atoms with Crippen molar-refractivity contribution >= 4 is 40.6 Å². The molecule has 0 amide bonds. The Balaban J connectivity index is 0.000000170. The smallest absolute Gasteiger partial charge is 0.229 e. The first-order chi connectivity index (χ1) is 33.2. The van der Waals surface area contributed by atoms with E-state index in [4.69, 9.17) is 41.5 Å². The number of hydrogen-bond acceptors (Lipinski definition) is 16. The molecular weight excluding hydrogens is 918 g/mol. The molecule has 6 aliphatic rings. The van der Waals surface area contributed by atoms with E-state index in [1.165, 1.54) is 38.4 Å². The van der Waals surface area contributed by atoms with E-state index in [0.717, 1.165) is 57.9 Å². The molecule has 376 valence electrons. The van der Waals surface area contributed by atoms with Crippen LogP contribution >= 0.6 is 11.6 Å². The molecule has 8 heterocycles. The standard InChI is InChI=1S/C25H31FN6O2.C14H20ClFN4.C11H12N2O2.CH4/c1-25(2)12-18(11-19-4-3-8-32(19)25)29-23-21(26)14-28-24(31-23)30-17-5-6-22(16(10-17)13-27)34-20-7-9-33-15-20;1-14(2)7-9(6-10-4-3-5-20(10)14)18-12-11(16)8-17-13(15)19-12;12-6-8-5-9(13)1-2-11(8)15-10-3-4-14-7-10;/h5-6,10,14,18-20H,3-4,7-9,11-12,15H2,1-2H3,(H2,28,29,30,31);8-10H,3-7H2,1-2H3,(H,17,18,19);1-2,5,10H,3-4,7,13H2;1H4/t18?,19?,20-;;10-;/m0.0./s1. The van der Waals surface area contributed by atoms with Crippen LogP contribution in [0.4, 0.5) is 37.7 Å². The molecule has 0 bridgehead atoms. The fourth-order valence-corrected chi connectivity index (χ4v) is 11.0. The number of anilines is 5. The fraction of sp³-hybridized carbons (Fsp3) is 0.569. The van der Waals surface area contributed by atoms with Crippen LogP contribution in [0.1, 0.15) is 110 Å². The van der Waals surface area contributed by atoms with Crippen LogP contribution in [0.5, 0.6) is 11.5 Å². The Hall–Kier alpha value is -5.63. The van der Waals surface area contributed by atoms with Crippen molar-refractivity contribution in [3.8, 4) is 23.6 Å². The number of nitrogen functional groups attached to an aromatic ring is 1. The maximum Gasteiger partial charge on any atom is 0.229 e. The number of hydrogen-bond donors (Lipinski definition) is 4. The predicted molar refractivity (Wildman–Crippen MR) is 266 cm³/mol. The van der Waals surface area contributed by atoms with Crippen molar-refractivity contribution in [2.75, 3.05) is 61.2 Å². The summed E-state index contributed by atoms with van der Waals surface area (Å²) in [5.74, 6) is 0.874. The summed E-state index contributed by atoms with van der Waals surface area (Å²) in [6.07, 6.45) is 12.8. The van der Waals surface area contributed by atoms with Crippen LogP contribution in [-0.4, -0.2) is 117 Å². The quantitative estimate of drug-likeness (QED) is 0.0863. The van der Waals surface area contributed by atoms with E-state index >= 15 is 0 Å². The van der Waals surface area contributed by atoms with Crippen molar-refractivity contribution in [1.82, 2.24) is 29.7 Å². The topological polar surface area (TPSA) is 205 Å². The van der Waals surface area contributed by atoms with Crippen molar-refractivity contribution in [3.63, 3.8) is 0 Å². The summed E-state index contributed by atoms with van der Waals surface area (Å²) in [5.41, 5.74) is 7.88. The van der Waals surface area contributed by atoms with E-state index in [-0.39, 0.29) is 65.7 Å². The van der Waals surface area contributed by atoms with Gasteiger partial charge in [-0.1, -0.05) is 7.43 Å². The molecule has 6 atom stereocenters. The van der Waals surface area contributed by atoms with E-state index < -0.39 is 11.6 Å². The normalized spacial score (nSPS) is 25.2. The first-order valence-electron chi connectivity index (χ1n) is 24.0. The lowest BCUT2D eigenvalue weighted by molar-refractivity contribution is 0.0498. The molecule has 6 aliphatic heterocycles. The number of rotatable bonds is 10. The Bertz CT molecular complexity index is 2500. The maximum absolute atomic E-state index is 14.6. The number of halogens is 3. The molecule has 2 aromatic heterocycles. The highest BCUT2D eigenvalue weighted by Gasteiger charge is 2.44. The molecule has 0 saturated carbocycles. The lowest BCUT2D eigenvalue weighted by Crippen LogP contribution is -2.55. The molecule has 16 nitrogen and oxygen atoms in total. The van der Waals surface area contributed by atoms with Crippen LogP contribution in [-0.2, 0) is 9.47 Å². The van der Waals surface area contributed by atoms with Gasteiger partial charge >= 0.3 is 0 Å². The average molecular weight is 986 g/mol. The van der Waals surface area contributed by atoms with Crippen LogP contribution in [0.25, 0.3) is 0 Å². The van der Waals surface area contributed by atoms with Gasteiger partial charge in [-0.25, -0.2) is 18.7 Å². The number of nitriles is 2. The maximum atomic E-state index is 14.6. The van der Waals surface area contributed by atoms with Gasteiger partial charge in [-0.3, -0.25) is 9.80 Å². The van der Waals surface area contributed by atoms with Gasteiger partial charge in [0.1, 0.15) is 35.8 Å². The van der Waals surface area contributed by atoms with Gasteiger partial charge in [-0.2, -0.15) is 20.5 Å². The van der Waals surface area contributed by atoms with Crippen molar-refractivity contribution in [2.45, 2.75) is 147 Å². The Kier molecular flexibility index (Phi) is 17.2. The molecule has 4 unspecified atom stereocenters. The van der Waals surface area contributed by atoms with Gasteiger partial charge in [0, 0.05) is 59.5 Å². The third-order valence-corrected chi connectivity index (χ3v) is 14.1. The van der Waals surface area contributed by atoms with Gasteiger partial charge in [0.25, 0.3) is 0 Å². The number of ether oxygens (including phenoxy) is 4. The average Bonchev–Trinajstić information content (AvgIpc) is 4.17. The van der Waals surface area contributed by atoms with Crippen molar-refractivity contribution in [1.29, 1.82) is 10.5 Å². The molecule has 4 aromatic rings. The lowest BCUT2D eigenvalue weighted by Gasteiger charge is -2.47. The second-order valence-electron chi connectivity index (χ2n) is 19.9. The lowest BCUT2D eigenvalue weighted by atomic mass is 9.84. The van der Waals surface area contributed by atoms with Gasteiger partial charge in [-0.05, 0) is 140 Å². The number of benzene rings is 2. The summed E-state index contributed by atoms with van der Waals surface area (Å²) in [4.78, 5) is 21.3. The summed E-state index contributed by atoms with van der Waals surface area (Å²) in [5, 5.41) is 28.2. The van der Waals surface area contributed by atoms with E-state index in [1.54, 1.807) is 36.4 Å². The molecule has 0 aliphatic carbocycles. The van der Waals surface area contributed by atoms with Gasteiger partial charge in [0.05, 0.1) is 49.9 Å². The van der Waals surface area contributed by atoms with Gasteiger partial charge < -0.3 is 40.6 Å². The van der Waals surface area contributed by atoms with E-state index in [0.29, 0.717) is 65.9 Å². The molecule has 6 saturated heterocycles. The first kappa shape index (κ1) is 52.2. The summed E-state index contributed by atoms with van der Waals surface area (Å²) in [6, 6.07) is 16.0. The van der Waals surface area contributed by atoms with E-state index in [1.807, 2.05) is 0 Å². The van der Waals surface area contributed by atoms with Crippen LogP contribution < -0.4 is 31.2 Å². The molecule has 5 N–H and O–H groups in total. The van der Waals surface area contributed by atoms with Crippen LogP contribution in [0.3, 0.4) is 0 Å². The van der Waals surface area contributed by atoms with Crippen LogP contribution in [0.15, 0.2) is 48.8 Å². The number of nitrogens with two attached hydrogens (primary N) is 1. The van der Waals surface area contributed by atoms with Crippen LogP contribution in [0, 0.1) is 34.3 Å². The molecule has 19 heteroatoms. The summed E-state index contributed by atoms with van der Waals surface area (Å²) in [7, 11) is 0. The Labute approximate surface area is 415 Å². The molecule has 2 aromatic carbocycles. The summed E-state index contributed by atoms with van der Waals surface area (Å²) in [6.45, 7) is 13.9. The van der Waals surface area contributed by atoms with Crippen molar-refractivity contribution in [3.05, 3.63) is 76.8 Å². The minimum atomic E-state index is -0.475. The zero-order valence-corrected chi connectivity index (χ0v) is 40.6. The van der Waals surface area contributed by atoms with Crippen molar-refractivity contribution < 1.29 is 27.7 Å². The summed E-state index contributed by atoms with van der Waals surface area (Å²) < 4.78 is 50.4. The third-order valence-electron chi connectivity index (χ3n) is 13.9. The Morgan fingerprint density at radius 2 is 1.26 bits per heavy atom. The van der Waals surface area contributed by atoms with E-state index in [9.17, 15) is 14.0 Å². The molecule has 10 rings (SSSR count). The minimum absolute atomic E-state index is 0. The highest BCUT2D eigenvalue weighted by atomic mass is 35.5. The molecule has 6 fully saturated rings. The second-order valence-corrected chi connectivity index (χ2v) is 20.3. The van der Waals surface area contributed by atoms with Gasteiger partial charge in [0.2, 0.25) is 11.2 Å². The molecule has 0 radical (unpaired) electrons. The largest absolute Gasteiger partial charge is 0.487 e. The third kappa shape index (κ3) is 13.0. The van der Waals surface area contributed by atoms with Crippen LogP contribution in [0.2, 0.25) is 5.28 Å². The number of nitrogens with zero attached hydrogens (tertiary/aromatic N) is 8. The van der Waals surface area contributed by atoms with Gasteiger partial charge in [-0.15, -0.1) is 0 Å². The number of aromatic nitrogens is 4. The van der Waals surface area contributed by atoms with Gasteiger partial charge in [0.15, 0.2) is 23.3 Å². The highest BCUT2D eigenvalue weighted by molar-refractivity contribution is 6.28. The second kappa shape index (κ2) is 23.1. The van der Waals surface area contributed by atoms with Crippen molar-refractivity contribution in [2.24, 2.45) is 0 Å². The Morgan fingerprint density at radius 3 is 1.79 bits per heavy atom. The van der Waals surface area contributed by atoms with E-state index in [2.05, 4.69) is 85.5 Å². The number of nitrogens with one attached hydrogen (secondary N) is 3. The zero-order chi connectivity index (χ0) is 48.7. The molecule has 0 spiro atoms. The molecular formula is C51H67ClF2N12O4. The number of fused-ring (bicyclic) bond motifs is 2. The highest BCUT2D eigenvalue weighted by Crippen LogP contribution is 2.40. The SMILES string of the molecule is C.CC1(C)CC(Nc2nc(Cl)ncc2F)CC2CCCN21.CC1(C)CC(Nc2nc(Nc3ccc(O[C@H]4CCOC4)c(C#N)c3)ncc2F)CC2CCCN21.N#Cc1cc(N)ccc1O[C@H]1CCOC1. The number of piperidine rings is 2. The Morgan fingerprint density at radius 1 is 0.743 bits per heavy atom. The summed E-state index contributed by atoms with van der Waals surface area (Å²) >= 11 is 5.74. The predicted octanol–water partition coefficient (Wildman–Crippen LogP) is 9.25. The first-order valence-corrected chi connectivity index (χ1v) is 24.4. The monoisotopic (exact) mass is 985 g/mol. The zero-order valence-electron chi connectivity index (χ0n) is 39.8. The molecule has 70 heavy (non-hydrogen) atoms.